The Bertz CT molecular complexity index is 519. The van der Waals surface area contributed by atoms with Gasteiger partial charge in [-0.1, -0.05) is 12.1 Å². The number of aliphatic hydroxyl groups is 1. The quantitative estimate of drug-likeness (QED) is 0.759. The fraction of sp³-hybridized carbons (Fsp3) is 0.294. The van der Waals surface area contributed by atoms with Gasteiger partial charge in [-0.05, 0) is 48.4 Å². The van der Waals surface area contributed by atoms with Crippen molar-refractivity contribution in [1.82, 2.24) is 0 Å². The lowest BCUT2D eigenvalue weighted by Crippen LogP contribution is -2.09. The minimum Gasteiger partial charge on any atom is -0.497 e. The van der Waals surface area contributed by atoms with Crippen molar-refractivity contribution in [2.75, 3.05) is 26.9 Å². The molecule has 4 heteroatoms. The van der Waals surface area contributed by atoms with Crippen molar-refractivity contribution < 1.29 is 19.3 Å². The van der Waals surface area contributed by atoms with E-state index in [0.717, 1.165) is 22.8 Å². The van der Waals surface area contributed by atoms with E-state index in [-0.39, 0.29) is 6.61 Å². The van der Waals surface area contributed by atoms with Crippen molar-refractivity contribution in [3.63, 3.8) is 0 Å². The number of benzene rings is 2. The fourth-order valence-electron chi connectivity index (χ4n) is 1.87. The first-order valence-corrected chi connectivity index (χ1v) is 6.91. The van der Waals surface area contributed by atoms with Crippen LogP contribution in [-0.2, 0) is 6.42 Å². The third-order valence-electron chi connectivity index (χ3n) is 3.00. The standard InChI is InChI=1S/C17H20O4/c1-19-15-6-8-17(9-7-15)21-13-12-20-16-4-2-14(3-5-16)10-11-18/h2-9,18H,10-13H2,1H3. The van der Waals surface area contributed by atoms with Gasteiger partial charge in [0.1, 0.15) is 30.5 Å². The van der Waals surface area contributed by atoms with Gasteiger partial charge in [-0.2, -0.15) is 0 Å². The van der Waals surface area contributed by atoms with Gasteiger partial charge in [0.25, 0.3) is 0 Å². The van der Waals surface area contributed by atoms with Crippen LogP contribution in [0, 0.1) is 0 Å². The Balaban J connectivity index is 1.71. The van der Waals surface area contributed by atoms with Gasteiger partial charge in [0.05, 0.1) is 7.11 Å². The maximum absolute atomic E-state index is 8.85. The third kappa shape index (κ3) is 5.00. The van der Waals surface area contributed by atoms with Crippen LogP contribution >= 0.6 is 0 Å². The molecule has 0 aliphatic carbocycles. The van der Waals surface area contributed by atoms with Gasteiger partial charge in [0.15, 0.2) is 0 Å². The number of methoxy groups -OCH3 is 1. The molecule has 0 aliphatic rings. The molecule has 2 aromatic carbocycles. The summed E-state index contributed by atoms with van der Waals surface area (Å²) in [5, 5.41) is 8.85. The minimum atomic E-state index is 0.163. The zero-order chi connectivity index (χ0) is 14.9. The van der Waals surface area contributed by atoms with Crippen molar-refractivity contribution in [3.8, 4) is 17.2 Å². The van der Waals surface area contributed by atoms with E-state index >= 15 is 0 Å². The summed E-state index contributed by atoms with van der Waals surface area (Å²) in [5.41, 5.74) is 1.10. The average Bonchev–Trinajstić information content (AvgIpc) is 2.54. The molecule has 0 atom stereocenters. The van der Waals surface area contributed by atoms with Gasteiger partial charge in [-0.25, -0.2) is 0 Å². The second kappa shape index (κ2) is 8.17. The number of hydrogen-bond donors (Lipinski definition) is 1. The molecule has 0 saturated heterocycles. The molecule has 0 bridgehead atoms. The van der Waals surface area contributed by atoms with Crippen molar-refractivity contribution >= 4 is 0 Å². The monoisotopic (exact) mass is 288 g/mol. The lowest BCUT2D eigenvalue weighted by molar-refractivity contribution is 0.217. The van der Waals surface area contributed by atoms with Crippen molar-refractivity contribution in [2.45, 2.75) is 6.42 Å². The van der Waals surface area contributed by atoms with E-state index in [4.69, 9.17) is 19.3 Å². The molecule has 4 nitrogen and oxygen atoms in total. The average molecular weight is 288 g/mol. The van der Waals surface area contributed by atoms with Crippen LogP contribution < -0.4 is 14.2 Å². The second-order valence-electron chi connectivity index (χ2n) is 4.49. The van der Waals surface area contributed by atoms with Crippen LogP contribution in [-0.4, -0.2) is 32.0 Å². The zero-order valence-electron chi connectivity index (χ0n) is 12.1. The smallest absolute Gasteiger partial charge is 0.122 e. The number of ether oxygens (including phenoxy) is 3. The van der Waals surface area contributed by atoms with Crippen LogP contribution in [0.2, 0.25) is 0 Å². The molecule has 0 saturated carbocycles. The van der Waals surface area contributed by atoms with E-state index in [1.165, 1.54) is 0 Å². The lowest BCUT2D eigenvalue weighted by atomic mass is 10.1. The predicted octanol–water partition coefficient (Wildman–Crippen LogP) is 2.69. The summed E-state index contributed by atoms with van der Waals surface area (Å²) in [4.78, 5) is 0. The van der Waals surface area contributed by atoms with E-state index in [1.807, 2.05) is 48.5 Å². The molecular formula is C17H20O4. The number of rotatable bonds is 8. The molecule has 21 heavy (non-hydrogen) atoms. The molecule has 0 fully saturated rings. The van der Waals surface area contributed by atoms with Gasteiger partial charge >= 0.3 is 0 Å². The van der Waals surface area contributed by atoms with Gasteiger partial charge in [-0.3, -0.25) is 0 Å². The Morgan fingerprint density at radius 3 is 1.71 bits per heavy atom. The fourth-order valence-corrected chi connectivity index (χ4v) is 1.87. The Hall–Kier alpha value is -2.20. The molecule has 0 radical (unpaired) electrons. The summed E-state index contributed by atoms with van der Waals surface area (Å²) in [5.74, 6) is 2.40. The first kappa shape index (κ1) is 15.2. The SMILES string of the molecule is COc1ccc(OCCOc2ccc(CCO)cc2)cc1. The highest BCUT2D eigenvalue weighted by Crippen LogP contribution is 2.17. The van der Waals surface area contributed by atoms with Gasteiger partial charge in [0.2, 0.25) is 0 Å². The van der Waals surface area contributed by atoms with Crippen LogP contribution in [0.4, 0.5) is 0 Å². The highest BCUT2D eigenvalue weighted by atomic mass is 16.5. The molecule has 0 amide bonds. The van der Waals surface area contributed by atoms with E-state index in [1.54, 1.807) is 7.11 Å². The number of hydrogen-bond acceptors (Lipinski definition) is 4. The maximum Gasteiger partial charge on any atom is 0.122 e. The summed E-state index contributed by atoms with van der Waals surface area (Å²) in [6, 6.07) is 15.2. The highest BCUT2D eigenvalue weighted by Gasteiger charge is 1.98. The van der Waals surface area contributed by atoms with E-state index in [9.17, 15) is 0 Å². The molecule has 2 rings (SSSR count). The molecule has 1 N–H and O–H groups in total. The minimum absolute atomic E-state index is 0.163. The normalized spacial score (nSPS) is 10.2. The van der Waals surface area contributed by atoms with Crippen molar-refractivity contribution in [1.29, 1.82) is 0 Å². The molecule has 0 spiro atoms. The third-order valence-corrected chi connectivity index (χ3v) is 3.00. The first-order valence-electron chi connectivity index (χ1n) is 6.91. The summed E-state index contributed by atoms with van der Waals surface area (Å²) >= 11 is 0. The van der Waals surface area contributed by atoms with Crippen LogP contribution in [0.1, 0.15) is 5.56 Å². The van der Waals surface area contributed by atoms with Gasteiger partial charge in [-0.15, -0.1) is 0 Å². The van der Waals surface area contributed by atoms with Crippen molar-refractivity contribution in [3.05, 3.63) is 54.1 Å². The molecule has 0 aliphatic heterocycles. The Morgan fingerprint density at radius 2 is 1.24 bits per heavy atom. The Kier molecular flexibility index (Phi) is 5.91. The Labute approximate surface area is 124 Å². The summed E-state index contributed by atoms with van der Waals surface area (Å²) in [6.45, 7) is 1.12. The molecule has 0 heterocycles. The molecular weight excluding hydrogens is 268 g/mol. The van der Waals surface area contributed by atoms with E-state index in [0.29, 0.717) is 19.6 Å². The maximum atomic E-state index is 8.85. The van der Waals surface area contributed by atoms with Gasteiger partial charge in [0, 0.05) is 6.61 Å². The van der Waals surface area contributed by atoms with Crippen LogP contribution in [0.15, 0.2) is 48.5 Å². The molecule has 112 valence electrons. The van der Waals surface area contributed by atoms with Crippen molar-refractivity contribution in [2.24, 2.45) is 0 Å². The first-order chi connectivity index (χ1) is 10.3. The second-order valence-corrected chi connectivity index (χ2v) is 4.49. The van der Waals surface area contributed by atoms with Gasteiger partial charge < -0.3 is 19.3 Å². The summed E-state index contributed by atoms with van der Waals surface area (Å²) < 4.78 is 16.3. The highest BCUT2D eigenvalue weighted by molar-refractivity contribution is 5.31. The van der Waals surface area contributed by atoms with E-state index in [2.05, 4.69) is 0 Å². The van der Waals surface area contributed by atoms with Crippen LogP contribution in [0.5, 0.6) is 17.2 Å². The number of aliphatic hydroxyl groups excluding tert-OH is 1. The van der Waals surface area contributed by atoms with Crippen LogP contribution in [0.3, 0.4) is 0 Å². The largest absolute Gasteiger partial charge is 0.497 e. The summed E-state index contributed by atoms with van der Waals surface area (Å²) in [6.07, 6.45) is 0.668. The predicted molar refractivity (Wildman–Crippen MR) is 81.2 cm³/mol. The Morgan fingerprint density at radius 1 is 0.762 bits per heavy atom. The molecule has 0 unspecified atom stereocenters. The molecule has 2 aromatic rings. The van der Waals surface area contributed by atoms with Crippen LogP contribution in [0.25, 0.3) is 0 Å². The molecule has 0 aromatic heterocycles. The zero-order valence-corrected chi connectivity index (χ0v) is 12.1. The topological polar surface area (TPSA) is 47.9 Å². The summed E-state index contributed by atoms with van der Waals surface area (Å²) in [7, 11) is 1.63. The lowest BCUT2D eigenvalue weighted by Gasteiger charge is -2.09. The van der Waals surface area contributed by atoms with E-state index < -0.39 is 0 Å².